The van der Waals surface area contributed by atoms with E-state index in [-0.39, 0.29) is 17.0 Å². The summed E-state index contributed by atoms with van der Waals surface area (Å²) < 4.78 is 15.6. The van der Waals surface area contributed by atoms with Gasteiger partial charge in [0.05, 0.1) is 30.3 Å². The lowest BCUT2D eigenvalue weighted by Crippen LogP contribution is -2.19. The minimum atomic E-state index is -0.618. The highest BCUT2D eigenvalue weighted by molar-refractivity contribution is 5.83. The number of nitro benzene ring substituents is 1. The molecule has 0 fully saturated rings. The van der Waals surface area contributed by atoms with Crippen LogP contribution in [0, 0.1) is 10.1 Å². The summed E-state index contributed by atoms with van der Waals surface area (Å²) in [7, 11) is 3.08. The largest absolute Gasteiger partial charge is 0.493 e. The number of hydrogen-bond donors (Lipinski definition) is 1. The van der Waals surface area contributed by atoms with Gasteiger partial charge >= 0.3 is 0 Å². The maximum Gasteiger partial charge on any atom is 0.283 e. The number of hydrogen-bond acceptors (Lipinski definition) is 7. The molecule has 0 amide bonds. The number of nitrogens with zero attached hydrogens (tertiary/aromatic N) is 1. The Hall–Kier alpha value is -2.19. The second-order valence-electron chi connectivity index (χ2n) is 4.74. The van der Waals surface area contributed by atoms with Crippen molar-refractivity contribution < 1.29 is 23.9 Å². The third-order valence-corrected chi connectivity index (χ3v) is 3.09. The molecule has 0 heterocycles. The van der Waals surface area contributed by atoms with Gasteiger partial charge in [-0.25, -0.2) is 0 Å². The maximum atomic E-state index is 11.0. The smallest absolute Gasteiger partial charge is 0.283 e. The molecule has 0 unspecified atom stereocenters. The zero-order valence-corrected chi connectivity index (χ0v) is 13.4. The molecule has 1 rings (SSSR count). The molecule has 1 aromatic rings. The van der Waals surface area contributed by atoms with Crippen LogP contribution in [0.5, 0.6) is 11.5 Å². The number of rotatable bonds is 12. The zero-order valence-electron chi connectivity index (χ0n) is 13.4. The SMILES string of the molecule is COCCCNCCCOc1cc([N+](=O)[O-])c(C=O)cc1OC. The zero-order chi connectivity index (χ0) is 17.1. The van der Waals surface area contributed by atoms with Gasteiger partial charge in [-0.15, -0.1) is 0 Å². The molecule has 8 heteroatoms. The molecule has 0 aromatic heterocycles. The molecular weight excluding hydrogens is 304 g/mol. The summed E-state index contributed by atoms with van der Waals surface area (Å²) in [5.41, 5.74) is -0.340. The Bertz CT molecular complexity index is 521. The third-order valence-electron chi connectivity index (χ3n) is 3.09. The van der Waals surface area contributed by atoms with Crippen molar-refractivity contribution in [2.24, 2.45) is 0 Å². The van der Waals surface area contributed by atoms with Gasteiger partial charge in [0.2, 0.25) is 0 Å². The predicted octanol–water partition coefficient (Wildman–Crippen LogP) is 1.81. The van der Waals surface area contributed by atoms with Gasteiger partial charge < -0.3 is 19.5 Å². The Labute approximate surface area is 134 Å². The molecule has 1 N–H and O–H groups in total. The molecule has 0 aliphatic carbocycles. The first-order valence-electron chi connectivity index (χ1n) is 7.28. The first-order chi connectivity index (χ1) is 11.1. The molecule has 1 aromatic carbocycles. The number of aldehydes is 1. The Balaban J connectivity index is 2.53. The van der Waals surface area contributed by atoms with Crippen LogP contribution in [-0.2, 0) is 4.74 Å². The summed E-state index contributed by atoms with van der Waals surface area (Å²) in [5, 5.41) is 14.2. The van der Waals surface area contributed by atoms with Gasteiger partial charge in [-0.1, -0.05) is 0 Å². The van der Waals surface area contributed by atoms with E-state index < -0.39 is 4.92 Å². The molecule has 0 saturated heterocycles. The van der Waals surface area contributed by atoms with Gasteiger partial charge in [0.25, 0.3) is 5.69 Å². The standard InChI is InChI=1S/C15H22N2O6/c1-21-7-3-5-16-6-4-8-23-15-10-13(17(19)20)12(11-18)9-14(15)22-2/h9-11,16H,3-8H2,1-2H3. The molecule has 0 aliphatic rings. The minimum absolute atomic E-state index is 0.0426. The van der Waals surface area contributed by atoms with Gasteiger partial charge in [0.1, 0.15) is 0 Å². The van der Waals surface area contributed by atoms with E-state index in [2.05, 4.69) is 5.32 Å². The number of nitrogens with one attached hydrogen (secondary N) is 1. The van der Waals surface area contributed by atoms with Crippen molar-refractivity contribution in [1.82, 2.24) is 5.32 Å². The van der Waals surface area contributed by atoms with Gasteiger partial charge in [-0.05, 0) is 25.9 Å². The van der Waals surface area contributed by atoms with Crippen LogP contribution < -0.4 is 14.8 Å². The normalized spacial score (nSPS) is 10.3. The molecule has 128 valence electrons. The van der Waals surface area contributed by atoms with Crippen molar-refractivity contribution in [3.63, 3.8) is 0 Å². The van der Waals surface area contributed by atoms with E-state index in [0.29, 0.717) is 25.2 Å². The van der Waals surface area contributed by atoms with Crippen LogP contribution in [0.4, 0.5) is 5.69 Å². The van der Waals surface area contributed by atoms with E-state index in [4.69, 9.17) is 14.2 Å². The predicted molar refractivity (Wildman–Crippen MR) is 84.5 cm³/mol. The van der Waals surface area contributed by atoms with Crippen molar-refractivity contribution in [2.75, 3.05) is 40.5 Å². The fourth-order valence-electron chi connectivity index (χ4n) is 1.94. The average molecular weight is 326 g/mol. The van der Waals surface area contributed by atoms with E-state index in [1.807, 2.05) is 0 Å². The first kappa shape index (κ1) is 18.9. The lowest BCUT2D eigenvalue weighted by molar-refractivity contribution is -0.385. The minimum Gasteiger partial charge on any atom is -0.493 e. The molecule has 0 radical (unpaired) electrons. The Morgan fingerprint density at radius 1 is 1.17 bits per heavy atom. The van der Waals surface area contributed by atoms with Gasteiger partial charge in [0, 0.05) is 19.8 Å². The number of ether oxygens (including phenoxy) is 3. The van der Waals surface area contributed by atoms with E-state index in [0.717, 1.165) is 25.9 Å². The van der Waals surface area contributed by atoms with Crippen LogP contribution in [-0.4, -0.2) is 51.7 Å². The van der Waals surface area contributed by atoms with Crippen LogP contribution in [0.1, 0.15) is 23.2 Å². The van der Waals surface area contributed by atoms with Gasteiger partial charge in [-0.3, -0.25) is 14.9 Å². The Morgan fingerprint density at radius 3 is 2.43 bits per heavy atom. The molecule has 23 heavy (non-hydrogen) atoms. The molecule has 0 spiro atoms. The van der Waals surface area contributed by atoms with E-state index >= 15 is 0 Å². The number of nitro groups is 1. The maximum absolute atomic E-state index is 11.0. The van der Waals surface area contributed by atoms with Crippen molar-refractivity contribution in [1.29, 1.82) is 0 Å². The van der Waals surface area contributed by atoms with Crippen molar-refractivity contribution in [2.45, 2.75) is 12.8 Å². The summed E-state index contributed by atoms with van der Waals surface area (Å²) in [5.74, 6) is 0.551. The first-order valence-corrected chi connectivity index (χ1v) is 7.28. The van der Waals surface area contributed by atoms with E-state index in [1.54, 1.807) is 7.11 Å². The Morgan fingerprint density at radius 2 is 1.87 bits per heavy atom. The van der Waals surface area contributed by atoms with Crippen molar-refractivity contribution in [3.05, 3.63) is 27.8 Å². The van der Waals surface area contributed by atoms with E-state index in [1.165, 1.54) is 19.2 Å². The van der Waals surface area contributed by atoms with Crippen molar-refractivity contribution in [3.8, 4) is 11.5 Å². The van der Waals surface area contributed by atoms with Crippen LogP contribution >= 0.6 is 0 Å². The quantitative estimate of drug-likeness (QED) is 0.270. The van der Waals surface area contributed by atoms with Crippen molar-refractivity contribution >= 4 is 12.0 Å². The number of benzene rings is 1. The number of carbonyl (C=O) groups is 1. The summed E-state index contributed by atoms with van der Waals surface area (Å²) in [6.07, 6.45) is 2.10. The number of methoxy groups -OCH3 is 2. The third kappa shape index (κ3) is 6.21. The lowest BCUT2D eigenvalue weighted by atomic mass is 10.1. The summed E-state index contributed by atoms with van der Waals surface area (Å²) in [4.78, 5) is 21.2. The van der Waals surface area contributed by atoms with Crippen LogP contribution in [0.2, 0.25) is 0 Å². The molecule has 8 nitrogen and oxygen atoms in total. The molecule has 0 bridgehead atoms. The fraction of sp³-hybridized carbons (Fsp3) is 0.533. The second kappa shape index (κ2) is 10.5. The van der Waals surface area contributed by atoms with E-state index in [9.17, 15) is 14.9 Å². The average Bonchev–Trinajstić information content (AvgIpc) is 2.56. The van der Waals surface area contributed by atoms with Crippen LogP contribution in [0.15, 0.2) is 12.1 Å². The second-order valence-corrected chi connectivity index (χ2v) is 4.74. The molecular formula is C15H22N2O6. The number of carbonyl (C=O) groups excluding carboxylic acids is 1. The monoisotopic (exact) mass is 326 g/mol. The summed E-state index contributed by atoms with van der Waals surface area (Å²) in [6.45, 7) is 2.72. The lowest BCUT2D eigenvalue weighted by Gasteiger charge is -2.11. The highest BCUT2D eigenvalue weighted by Gasteiger charge is 2.19. The molecule has 0 aliphatic heterocycles. The topological polar surface area (TPSA) is 99.9 Å². The summed E-state index contributed by atoms with van der Waals surface area (Å²) >= 11 is 0. The molecule has 0 saturated carbocycles. The highest BCUT2D eigenvalue weighted by Crippen LogP contribution is 2.34. The summed E-state index contributed by atoms with van der Waals surface area (Å²) in [6, 6.07) is 2.53. The fourth-order valence-corrected chi connectivity index (χ4v) is 1.94. The molecule has 0 atom stereocenters. The Kier molecular flexibility index (Phi) is 8.63. The van der Waals surface area contributed by atoms with Crippen LogP contribution in [0.25, 0.3) is 0 Å². The van der Waals surface area contributed by atoms with Gasteiger partial charge in [-0.2, -0.15) is 0 Å². The van der Waals surface area contributed by atoms with Crippen LogP contribution in [0.3, 0.4) is 0 Å². The van der Waals surface area contributed by atoms with Gasteiger partial charge in [0.15, 0.2) is 17.8 Å². The highest BCUT2D eigenvalue weighted by atomic mass is 16.6.